The quantitative estimate of drug-likeness (QED) is 0.478. The van der Waals surface area contributed by atoms with Crippen molar-refractivity contribution in [1.29, 1.82) is 0 Å². The lowest BCUT2D eigenvalue weighted by molar-refractivity contribution is 0.0542. The Morgan fingerprint density at radius 1 is 1.30 bits per heavy atom. The number of hydrogen-bond donors (Lipinski definition) is 0. The highest BCUT2D eigenvalue weighted by Crippen LogP contribution is 2.40. The van der Waals surface area contributed by atoms with Gasteiger partial charge in [-0.1, -0.05) is 50.6 Å². The lowest BCUT2D eigenvalue weighted by Gasteiger charge is -2.44. The molecule has 0 saturated carbocycles. The van der Waals surface area contributed by atoms with E-state index in [0.717, 1.165) is 18.4 Å². The van der Waals surface area contributed by atoms with Crippen LogP contribution in [0.25, 0.3) is 0 Å². The number of carbonyl (C=O) groups is 1. The average molecular weight is 390 g/mol. The molecule has 0 unspecified atom stereocenters. The van der Waals surface area contributed by atoms with Crippen LogP contribution in [0.1, 0.15) is 51.3 Å². The molecule has 4 nitrogen and oxygen atoms in total. The number of rotatable bonds is 5. The first-order valence-corrected chi connectivity index (χ1v) is 12.6. The molecule has 5 heteroatoms. The Morgan fingerprint density at radius 2 is 1.93 bits per heavy atom. The summed E-state index contributed by atoms with van der Waals surface area (Å²) in [5.74, 6) is 0. The number of benzene rings is 1. The normalized spacial score (nSPS) is 20.2. The van der Waals surface area contributed by atoms with E-state index in [1.54, 1.807) is 0 Å². The zero-order chi connectivity index (χ0) is 20.4. The van der Waals surface area contributed by atoms with E-state index < -0.39 is 8.32 Å². The van der Waals surface area contributed by atoms with Crippen molar-refractivity contribution in [3.63, 3.8) is 0 Å². The second-order valence-corrected chi connectivity index (χ2v) is 14.0. The molecule has 0 fully saturated rings. The van der Waals surface area contributed by atoms with Crippen molar-refractivity contribution in [3.8, 4) is 0 Å². The zero-order valence-electron chi connectivity index (χ0n) is 18.0. The number of nitrogens with zero attached hydrogens (tertiary/aromatic N) is 1. The minimum Gasteiger partial charge on any atom is -0.453 e. The molecule has 0 radical (unpaired) electrons. The lowest BCUT2D eigenvalue weighted by atomic mass is 9.86. The highest BCUT2D eigenvalue weighted by atomic mass is 28.4. The minimum absolute atomic E-state index is 0.0363. The van der Waals surface area contributed by atoms with Crippen molar-refractivity contribution in [1.82, 2.24) is 4.90 Å². The number of amides is 1. The Balaban J connectivity index is 2.37. The monoisotopic (exact) mass is 389 g/mol. The molecule has 1 aromatic rings. The summed E-state index contributed by atoms with van der Waals surface area (Å²) in [5, 5.41) is 0.132. The third-order valence-electron chi connectivity index (χ3n) is 5.97. The molecule has 1 aliphatic heterocycles. The molecule has 1 aromatic carbocycles. The molecule has 150 valence electrons. The predicted octanol–water partition coefficient (Wildman–Crippen LogP) is 5.71. The average Bonchev–Trinajstić information content (AvgIpc) is 2.58. The number of fused-ring (bicyclic) bond motifs is 1. The number of carbonyl (C=O) groups excluding carboxylic acids is 1. The van der Waals surface area contributed by atoms with E-state index in [4.69, 9.17) is 9.16 Å². The molecule has 0 spiro atoms. The van der Waals surface area contributed by atoms with Gasteiger partial charge in [0.05, 0.1) is 25.8 Å². The van der Waals surface area contributed by atoms with Gasteiger partial charge in [0.1, 0.15) is 0 Å². The van der Waals surface area contributed by atoms with E-state index in [0.29, 0.717) is 6.61 Å². The van der Waals surface area contributed by atoms with E-state index in [2.05, 4.69) is 58.6 Å². The highest BCUT2D eigenvalue weighted by molar-refractivity contribution is 6.74. The van der Waals surface area contributed by atoms with Crippen molar-refractivity contribution in [2.45, 2.75) is 70.8 Å². The smallest absolute Gasteiger partial charge is 0.410 e. The summed E-state index contributed by atoms with van der Waals surface area (Å²) in [6.45, 7) is 17.8. The van der Waals surface area contributed by atoms with E-state index >= 15 is 0 Å². The van der Waals surface area contributed by atoms with Crippen LogP contribution in [0.4, 0.5) is 4.79 Å². The van der Waals surface area contributed by atoms with Crippen LogP contribution in [0, 0.1) is 0 Å². The summed E-state index contributed by atoms with van der Waals surface area (Å²) in [7, 11) is -0.455. The molecular formula is C22H35NO3Si. The van der Waals surface area contributed by atoms with Crippen molar-refractivity contribution >= 4 is 14.4 Å². The summed E-state index contributed by atoms with van der Waals surface area (Å²) in [6, 6.07) is 8.28. The molecule has 0 aliphatic carbocycles. The van der Waals surface area contributed by atoms with Crippen LogP contribution in [0.5, 0.6) is 0 Å². The molecule has 1 amide bonds. The van der Waals surface area contributed by atoms with Crippen LogP contribution < -0.4 is 0 Å². The first-order valence-electron chi connectivity index (χ1n) is 9.70. The summed E-state index contributed by atoms with van der Waals surface area (Å²) in [4.78, 5) is 14.6. The molecule has 27 heavy (non-hydrogen) atoms. The molecule has 2 atom stereocenters. The van der Waals surface area contributed by atoms with E-state index in [1.807, 2.05) is 17.9 Å². The highest BCUT2D eigenvalue weighted by Gasteiger charge is 2.41. The topological polar surface area (TPSA) is 38.8 Å². The van der Waals surface area contributed by atoms with Crippen molar-refractivity contribution in [2.24, 2.45) is 0 Å². The summed E-state index contributed by atoms with van der Waals surface area (Å²) in [6.07, 6.45) is 1.22. The molecule has 1 heterocycles. The van der Waals surface area contributed by atoms with E-state index in [9.17, 15) is 4.79 Å². The molecule has 0 bridgehead atoms. The van der Waals surface area contributed by atoms with E-state index in [1.165, 1.54) is 18.2 Å². The first-order chi connectivity index (χ1) is 12.5. The lowest BCUT2D eigenvalue weighted by Crippen LogP contribution is -2.52. The number of hydrogen-bond acceptors (Lipinski definition) is 3. The summed E-state index contributed by atoms with van der Waals surface area (Å²) < 4.78 is 11.7. The van der Waals surface area contributed by atoms with Crippen LogP contribution in [-0.2, 0) is 15.6 Å². The second-order valence-electron chi connectivity index (χ2n) is 9.18. The van der Waals surface area contributed by atoms with E-state index in [-0.39, 0.29) is 23.2 Å². The Labute approximate surface area is 165 Å². The minimum atomic E-state index is -1.91. The molecule has 0 N–H and O–H groups in total. The van der Waals surface area contributed by atoms with Gasteiger partial charge in [-0.25, -0.2) is 4.79 Å². The Bertz CT molecular complexity index is 693. The molecule has 1 aliphatic rings. The van der Waals surface area contributed by atoms with Crippen LogP contribution in [0.3, 0.4) is 0 Å². The second kappa shape index (κ2) is 8.19. The zero-order valence-corrected chi connectivity index (χ0v) is 19.0. The third kappa shape index (κ3) is 4.82. The Kier molecular flexibility index (Phi) is 6.58. The SMILES string of the molecule is C=C(C)C[C@@H]1c2ccccc2C[C@@H](CO[Si](C)(C)C(C)(C)C)N1C(=O)OC. The maximum Gasteiger partial charge on any atom is 0.410 e. The molecule has 2 rings (SSSR count). The predicted molar refractivity (Wildman–Crippen MR) is 113 cm³/mol. The van der Waals surface area contributed by atoms with Gasteiger partial charge in [0.15, 0.2) is 8.32 Å². The first kappa shape index (κ1) is 21.7. The number of methoxy groups -OCH3 is 1. The van der Waals surface area contributed by atoms with Gasteiger partial charge in [-0.05, 0) is 49.0 Å². The number of ether oxygens (including phenoxy) is 1. The van der Waals surface area contributed by atoms with Gasteiger partial charge in [-0.3, -0.25) is 4.90 Å². The largest absolute Gasteiger partial charge is 0.453 e. The van der Waals surface area contributed by atoms with Gasteiger partial charge in [0.25, 0.3) is 0 Å². The molecule has 0 saturated heterocycles. The summed E-state index contributed by atoms with van der Waals surface area (Å²) in [5.41, 5.74) is 3.52. The Morgan fingerprint density at radius 3 is 2.48 bits per heavy atom. The van der Waals surface area contributed by atoms with Crippen LogP contribution in [-0.4, -0.2) is 39.1 Å². The fraction of sp³-hybridized carbons (Fsp3) is 0.591. The maximum absolute atomic E-state index is 12.7. The van der Waals surface area contributed by atoms with Crippen molar-refractivity contribution < 1.29 is 14.0 Å². The van der Waals surface area contributed by atoms with Crippen molar-refractivity contribution in [2.75, 3.05) is 13.7 Å². The van der Waals surface area contributed by atoms with Gasteiger partial charge in [0, 0.05) is 0 Å². The van der Waals surface area contributed by atoms with Gasteiger partial charge in [0.2, 0.25) is 0 Å². The Hall–Kier alpha value is -1.59. The maximum atomic E-state index is 12.7. The fourth-order valence-corrected chi connectivity index (χ4v) is 4.42. The molecule has 0 aromatic heterocycles. The van der Waals surface area contributed by atoms with Gasteiger partial charge >= 0.3 is 6.09 Å². The van der Waals surface area contributed by atoms with Crippen molar-refractivity contribution in [3.05, 3.63) is 47.5 Å². The summed E-state index contributed by atoms with van der Waals surface area (Å²) >= 11 is 0. The van der Waals surface area contributed by atoms with Gasteiger partial charge in [-0.2, -0.15) is 0 Å². The standard InChI is InChI=1S/C22H35NO3Si/c1-16(2)13-20-19-12-10-9-11-17(19)14-18(23(20)21(24)25-6)15-26-27(7,8)22(3,4)5/h9-12,18,20H,1,13-15H2,2-8H3/t18-,20+/m0/s1. The van der Waals surface area contributed by atoms with Crippen LogP contribution in [0.15, 0.2) is 36.4 Å². The molecular weight excluding hydrogens is 354 g/mol. The third-order valence-corrected chi connectivity index (χ3v) is 10.5. The van der Waals surface area contributed by atoms with Gasteiger partial charge < -0.3 is 9.16 Å². The van der Waals surface area contributed by atoms with Gasteiger partial charge in [-0.15, -0.1) is 6.58 Å². The fourth-order valence-electron chi connectivity index (χ4n) is 3.38. The van der Waals surface area contributed by atoms with Crippen LogP contribution in [0.2, 0.25) is 18.1 Å². The van der Waals surface area contributed by atoms with Crippen LogP contribution >= 0.6 is 0 Å².